The highest BCUT2D eigenvalue weighted by atomic mass is 16.5. The van der Waals surface area contributed by atoms with Crippen LogP contribution in [0.2, 0.25) is 0 Å². The van der Waals surface area contributed by atoms with Gasteiger partial charge in [-0.05, 0) is 39.3 Å². The molecule has 76 valence electrons. The van der Waals surface area contributed by atoms with E-state index in [0.29, 0.717) is 5.41 Å². The summed E-state index contributed by atoms with van der Waals surface area (Å²) in [5, 5.41) is 4.21. The van der Waals surface area contributed by atoms with E-state index >= 15 is 0 Å². The van der Waals surface area contributed by atoms with Gasteiger partial charge in [0, 0.05) is 18.0 Å². The summed E-state index contributed by atoms with van der Waals surface area (Å²) in [5.74, 6) is 0.943. The van der Waals surface area contributed by atoms with E-state index in [1.807, 2.05) is 6.92 Å². The highest BCUT2D eigenvalue weighted by Crippen LogP contribution is 2.41. The molecule has 0 aliphatic carbocycles. The van der Waals surface area contributed by atoms with Crippen LogP contribution in [-0.2, 0) is 5.41 Å². The lowest BCUT2D eigenvalue weighted by atomic mass is 9.78. The predicted molar refractivity (Wildman–Crippen MR) is 53.2 cm³/mol. The van der Waals surface area contributed by atoms with Gasteiger partial charge in [0.15, 0.2) is 0 Å². The van der Waals surface area contributed by atoms with Gasteiger partial charge in [0.1, 0.15) is 5.76 Å². The highest BCUT2D eigenvalue weighted by Gasteiger charge is 2.44. The van der Waals surface area contributed by atoms with E-state index < -0.39 is 0 Å². The fraction of sp³-hybridized carbons (Fsp3) is 0.727. The standard InChI is InChI=1S/C11H16N2O/c1-9-7-10(12-14-9)11-3-2-5-13(8-11)6-4-11/h7H,2-6,8H2,1H3. The van der Waals surface area contributed by atoms with E-state index in [9.17, 15) is 0 Å². The summed E-state index contributed by atoms with van der Waals surface area (Å²) < 4.78 is 5.19. The van der Waals surface area contributed by atoms with Gasteiger partial charge in [-0.15, -0.1) is 0 Å². The summed E-state index contributed by atoms with van der Waals surface area (Å²) in [7, 11) is 0. The summed E-state index contributed by atoms with van der Waals surface area (Å²) in [6.45, 7) is 5.69. The number of hydrogen-bond acceptors (Lipinski definition) is 3. The average Bonchev–Trinajstić information content (AvgIpc) is 2.73. The summed E-state index contributed by atoms with van der Waals surface area (Å²) in [5.41, 5.74) is 1.52. The fourth-order valence-corrected chi connectivity index (χ4v) is 2.95. The van der Waals surface area contributed by atoms with Gasteiger partial charge in [0.2, 0.25) is 0 Å². The molecule has 0 aromatic carbocycles. The van der Waals surface area contributed by atoms with Crippen molar-refractivity contribution in [2.24, 2.45) is 0 Å². The lowest BCUT2D eigenvalue weighted by Crippen LogP contribution is -2.37. The van der Waals surface area contributed by atoms with Crippen molar-refractivity contribution >= 4 is 0 Å². The number of fused-ring (bicyclic) bond motifs is 2. The Labute approximate surface area is 84.1 Å². The van der Waals surface area contributed by atoms with Crippen molar-refractivity contribution in [3.05, 3.63) is 17.5 Å². The topological polar surface area (TPSA) is 29.3 Å². The molecule has 2 bridgehead atoms. The van der Waals surface area contributed by atoms with Gasteiger partial charge in [-0.1, -0.05) is 5.16 Å². The Balaban J connectivity index is 1.96. The van der Waals surface area contributed by atoms with Crippen LogP contribution < -0.4 is 0 Å². The third-order valence-corrected chi connectivity index (χ3v) is 3.73. The van der Waals surface area contributed by atoms with Crippen LogP contribution in [0, 0.1) is 6.92 Å². The lowest BCUT2D eigenvalue weighted by Gasteiger charge is -2.31. The molecule has 3 heterocycles. The van der Waals surface area contributed by atoms with Crippen LogP contribution >= 0.6 is 0 Å². The van der Waals surface area contributed by atoms with Crippen molar-refractivity contribution in [1.29, 1.82) is 0 Å². The highest BCUT2D eigenvalue weighted by molar-refractivity contribution is 5.21. The molecule has 0 amide bonds. The molecule has 0 spiro atoms. The molecule has 0 radical (unpaired) electrons. The maximum absolute atomic E-state index is 5.19. The van der Waals surface area contributed by atoms with Crippen LogP contribution in [-0.4, -0.2) is 29.7 Å². The molecule has 2 saturated heterocycles. The summed E-state index contributed by atoms with van der Waals surface area (Å²) in [4.78, 5) is 2.55. The summed E-state index contributed by atoms with van der Waals surface area (Å²) in [6, 6.07) is 2.12. The third kappa shape index (κ3) is 1.12. The van der Waals surface area contributed by atoms with Crippen LogP contribution in [0.5, 0.6) is 0 Å². The van der Waals surface area contributed by atoms with Crippen LogP contribution in [0.4, 0.5) is 0 Å². The van der Waals surface area contributed by atoms with E-state index in [2.05, 4.69) is 16.1 Å². The Hall–Kier alpha value is -0.830. The quantitative estimate of drug-likeness (QED) is 0.678. The Bertz CT molecular complexity index is 343. The number of nitrogens with zero attached hydrogens (tertiary/aromatic N) is 2. The minimum atomic E-state index is 0.329. The van der Waals surface area contributed by atoms with Gasteiger partial charge in [-0.25, -0.2) is 0 Å². The Morgan fingerprint density at radius 2 is 2.36 bits per heavy atom. The van der Waals surface area contributed by atoms with Gasteiger partial charge in [-0.2, -0.15) is 0 Å². The largest absolute Gasteiger partial charge is 0.361 e. The summed E-state index contributed by atoms with van der Waals surface area (Å²) in [6.07, 6.45) is 3.86. The first-order chi connectivity index (χ1) is 6.78. The van der Waals surface area contributed by atoms with Crippen molar-refractivity contribution < 1.29 is 4.52 Å². The maximum Gasteiger partial charge on any atom is 0.133 e. The number of piperidine rings is 1. The zero-order chi connectivity index (χ0) is 9.60. The molecule has 1 aromatic heterocycles. The van der Waals surface area contributed by atoms with E-state index in [1.165, 1.54) is 44.6 Å². The molecule has 2 atom stereocenters. The monoisotopic (exact) mass is 192 g/mol. The normalized spacial score (nSPS) is 36.2. The van der Waals surface area contributed by atoms with E-state index in [-0.39, 0.29) is 0 Å². The van der Waals surface area contributed by atoms with Crippen molar-refractivity contribution in [2.75, 3.05) is 19.6 Å². The molecule has 14 heavy (non-hydrogen) atoms. The van der Waals surface area contributed by atoms with Gasteiger partial charge in [-0.3, -0.25) is 0 Å². The van der Waals surface area contributed by atoms with Crippen molar-refractivity contribution in [3.63, 3.8) is 0 Å². The zero-order valence-corrected chi connectivity index (χ0v) is 8.62. The van der Waals surface area contributed by atoms with Crippen molar-refractivity contribution in [2.45, 2.75) is 31.6 Å². The van der Waals surface area contributed by atoms with E-state index in [4.69, 9.17) is 4.52 Å². The number of aryl methyl sites for hydroxylation is 1. The van der Waals surface area contributed by atoms with Crippen LogP contribution in [0.25, 0.3) is 0 Å². The van der Waals surface area contributed by atoms with Crippen LogP contribution in [0.1, 0.15) is 30.7 Å². The summed E-state index contributed by atoms with van der Waals surface area (Å²) >= 11 is 0. The minimum Gasteiger partial charge on any atom is -0.361 e. The zero-order valence-electron chi connectivity index (χ0n) is 8.62. The maximum atomic E-state index is 5.19. The second kappa shape index (κ2) is 2.83. The Kier molecular flexibility index (Phi) is 1.71. The molecule has 2 fully saturated rings. The average molecular weight is 192 g/mol. The Morgan fingerprint density at radius 1 is 1.43 bits per heavy atom. The van der Waals surface area contributed by atoms with Crippen molar-refractivity contribution in [3.8, 4) is 0 Å². The molecule has 0 N–H and O–H groups in total. The first-order valence-corrected chi connectivity index (χ1v) is 5.45. The molecule has 1 aromatic rings. The number of rotatable bonds is 1. The molecule has 2 aliphatic rings. The van der Waals surface area contributed by atoms with Crippen LogP contribution in [0.15, 0.2) is 10.6 Å². The van der Waals surface area contributed by atoms with Crippen LogP contribution in [0.3, 0.4) is 0 Å². The fourth-order valence-electron chi connectivity index (χ4n) is 2.95. The molecule has 3 rings (SSSR count). The molecule has 2 unspecified atom stereocenters. The van der Waals surface area contributed by atoms with Gasteiger partial charge < -0.3 is 9.42 Å². The molecule has 2 aliphatic heterocycles. The van der Waals surface area contributed by atoms with E-state index in [0.717, 1.165) is 5.76 Å². The third-order valence-electron chi connectivity index (χ3n) is 3.73. The minimum absolute atomic E-state index is 0.329. The van der Waals surface area contributed by atoms with Gasteiger partial charge in [0.25, 0.3) is 0 Å². The lowest BCUT2D eigenvalue weighted by molar-refractivity contribution is 0.234. The Morgan fingerprint density at radius 3 is 3.14 bits per heavy atom. The number of hydrogen-bond donors (Lipinski definition) is 0. The molecular formula is C11H16N2O. The second-order valence-corrected chi connectivity index (χ2v) is 4.73. The van der Waals surface area contributed by atoms with Crippen molar-refractivity contribution in [1.82, 2.24) is 10.1 Å². The van der Waals surface area contributed by atoms with E-state index in [1.54, 1.807) is 0 Å². The molecule has 3 nitrogen and oxygen atoms in total. The van der Waals surface area contributed by atoms with Gasteiger partial charge >= 0.3 is 0 Å². The molecular weight excluding hydrogens is 176 g/mol. The second-order valence-electron chi connectivity index (χ2n) is 4.73. The first kappa shape index (κ1) is 8.48. The SMILES string of the molecule is Cc1cc(C23CCCN(CC2)C3)no1. The number of aromatic nitrogens is 1. The predicted octanol–water partition coefficient (Wildman–Crippen LogP) is 1.72. The first-order valence-electron chi connectivity index (χ1n) is 5.45. The molecule has 3 heteroatoms. The van der Waals surface area contributed by atoms with Gasteiger partial charge in [0.05, 0.1) is 5.69 Å². The molecule has 0 saturated carbocycles. The smallest absolute Gasteiger partial charge is 0.133 e.